The molecular formula is C30H28N4O2S. The van der Waals surface area contributed by atoms with E-state index in [0.29, 0.717) is 22.4 Å². The third kappa shape index (κ3) is 5.50. The molecule has 0 radical (unpaired) electrons. The van der Waals surface area contributed by atoms with Crippen molar-refractivity contribution in [2.24, 2.45) is 0 Å². The molecule has 2 heterocycles. The van der Waals surface area contributed by atoms with Gasteiger partial charge in [0.25, 0.3) is 11.8 Å². The number of nitriles is 1. The smallest absolute Gasteiger partial charge is 0.270 e. The Bertz CT molecular complexity index is 1430. The first-order chi connectivity index (χ1) is 18.0. The van der Waals surface area contributed by atoms with Crippen LogP contribution >= 0.6 is 11.8 Å². The summed E-state index contributed by atoms with van der Waals surface area (Å²) in [7, 11) is 0. The SMILES string of the molecule is C=CCN1C(=O)C(C#N)=C(C)/C(=C\c2cn(-c3ccccc3)nc2-c2ccc(SCCCC)cc2)C1=O. The first-order valence-electron chi connectivity index (χ1n) is 12.2. The molecule has 0 N–H and O–H groups in total. The van der Waals surface area contributed by atoms with Gasteiger partial charge in [-0.1, -0.05) is 49.8 Å². The molecule has 0 fully saturated rings. The summed E-state index contributed by atoms with van der Waals surface area (Å²) in [5.41, 5.74) is 3.81. The summed E-state index contributed by atoms with van der Waals surface area (Å²) in [5.74, 6) is 0.0194. The van der Waals surface area contributed by atoms with Gasteiger partial charge in [0.1, 0.15) is 11.6 Å². The maximum Gasteiger partial charge on any atom is 0.271 e. The number of benzene rings is 2. The van der Waals surface area contributed by atoms with Crippen LogP contribution in [0.1, 0.15) is 32.3 Å². The van der Waals surface area contributed by atoms with Gasteiger partial charge in [-0.2, -0.15) is 10.4 Å². The second-order valence-electron chi connectivity index (χ2n) is 8.62. The Labute approximate surface area is 221 Å². The van der Waals surface area contributed by atoms with Gasteiger partial charge in [-0.05, 0) is 55.0 Å². The summed E-state index contributed by atoms with van der Waals surface area (Å²) in [5, 5.41) is 14.5. The van der Waals surface area contributed by atoms with Crippen LogP contribution in [0.4, 0.5) is 0 Å². The van der Waals surface area contributed by atoms with E-state index in [-0.39, 0.29) is 12.1 Å². The molecule has 0 unspecified atom stereocenters. The number of aromatic nitrogens is 2. The van der Waals surface area contributed by atoms with Crippen molar-refractivity contribution in [3.8, 4) is 23.0 Å². The minimum Gasteiger partial charge on any atom is -0.270 e. The van der Waals surface area contributed by atoms with Gasteiger partial charge in [-0.25, -0.2) is 4.68 Å². The molecule has 0 bridgehead atoms. The van der Waals surface area contributed by atoms with Crippen LogP contribution in [0.2, 0.25) is 0 Å². The van der Waals surface area contributed by atoms with Crippen LogP contribution in [0.3, 0.4) is 0 Å². The van der Waals surface area contributed by atoms with Gasteiger partial charge in [-0.3, -0.25) is 14.5 Å². The summed E-state index contributed by atoms with van der Waals surface area (Å²) in [4.78, 5) is 28.3. The van der Waals surface area contributed by atoms with Gasteiger partial charge in [0.2, 0.25) is 0 Å². The Kier molecular flexibility index (Phi) is 8.22. The highest BCUT2D eigenvalue weighted by Crippen LogP contribution is 2.32. The normalized spacial score (nSPS) is 14.8. The van der Waals surface area contributed by atoms with Gasteiger partial charge in [-0.15, -0.1) is 18.3 Å². The van der Waals surface area contributed by atoms with E-state index < -0.39 is 11.8 Å². The van der Waals surface area contributed by atoms with Crippen molar-refractivity contribution in [2.75, 3.05) is 12.3 Å². The zero-order valence-corrected chi connectivity index (χ0v) is 21.8. The Morgan fingerprint density at radius 3 is 2.46 bits per heavy atom. The minimum absolute atomic E-state index is 0.0285. The second kappa shape index (κ2) is 11.7. The van der Waals surface area contributed by atoms with E-state index in [0.717, 1.165) is 28.3 Å². The highest BCUT2D eigenvalue weighted by molar-refractivity contribution is 7.99. The molecule has 37 heavy (non-hydrogen) atoms. The number of para-hydroxylation sites is 1. The van der Waals surface area contributed by atoms with Crippen molar-refractivity contribution in [3.63, 3.8) is 0 Å². The molecule has 0 saturated heterocycles. The highest BCUT2D eigenvalue weighted by Gasteiger charge is 2.35. The van der Waals surface area contributed by atoms with Gasteiger partial charge >= 0.3 is 0 Å². The molecule has 2 amide bonds. The maximum absolute atomic E-state index is 13.3. The number of hydrogen-bond acceptors (Lipinski definition) is 5. The van der Waals surface area contributed by atoms with Crippen molar-refractivity contribution >= 4 is 29.7 Å². The molecular weight excluding hydrogens is 480 g/mol. The van der Waals surface area contributed by atoms with Crippen molar-refractivity contribution in [1.82, 2.24) is 14.7 Å². The van der Waals surface area contributed by atoms with E-state index in [1.54, 1.807) is 17.7 Å². The van der Waals surface area contributed by atoms with E-state index in [1.807, 2.05) is 66.5 Å². The number of thioether (sulfide) groups is 1. The predicted molar refractivity (Wildman–Crippen MR) is 148 cm³/mol. The van der Waals surface area contributed by atoms with Crippen LogP contribution in [-0.4, -0.2) is 38.8 Å². The topological polar surface area (TPSA) is 79.0 Å². The molecule has 2 aromatic carbocycles. The van der Waals surface area contributed by atoms with Crippen LogP contribution in [-0.2, 0) is 9.59 Å². The number of carbonyl (C=O) groups is 2. The van der Waals surface area contributed by atoms with Crippen molar-refractivity contribution < 1.29 is 9.59 Å². The molecule has 3 aromatic rings. The van der Waals surface area contributed by atoms with Crippen LogP contribution in [0.5, 0.6) is 0 Å². The monoisotopic (exact) mass is 508 g/mol. The molecule has 0 saturated carbocycles. The summed E-state index contributed by atoms with van der Waals surface area (Å²) in [6, 6.07) is 19.9. The first-order valence-corrected chi connectivity index (χ1v) is 13.2. The van der Waals surface area contributed by atoms with Gasteiger partial charge < -0.3 is 0 Å². The van der Waals surface area contributed by atoms with Crippen molar-refractivity contribution in [1.29, 1.82) is 5.26 Å². The lowest BCUT2D eigenvalue weighted by molar-refractivity contribution is -0.139. The number of rotatable bonds is 9. The quantitative estimate of drug-likeness (QED) is 0.113. The molecule has 1 aromatic heterocycles. The summed E-state index contributed by atoms with van der Waals surface area (Å²) in [6.07, 6.45) is 7.40. The highest BCUT2D eigenvalue weighted by atomic mass is 32.2. The summed E-state index contributed by atoms with van der Waals surface area (Å²) in [6.45, 7) is 7.49. The first kappa shape index (κ1) is 25.9. The molecule has 0 atom stereocenters. The van der Waals surface area contributed by atoms with Crippen LogP contribution in [0.15, 0.2) is 95.1 Å². The fraction of sp³-hybridized carbons (Fsp3) is 0.200. The van der Waals surface area contributed by atoms with E-state index in [9.17, 15) is 14.9 Å². The largest absolute Gasteiger partial charge is 0.271 e. The molecule has 7 heteroatoms. The van der Waals surface area contributed by atoms with E-state index >= 15 is 0 Å². The van der Waals surface area contributed by atoms with Crippen LogP contribution < -0.4 is 0 Å². The number of imide groups is 1. The maximum atomic E-state index is 13.3. The Morgan fingerprint density at radius 2 is 1.81 bits per heavy atom. The number of hydrogen-bond donors (Lipinski definition) is 0. The van der Waals surface area contributed by atoms with Crippen molar-refractivity contribution in [3.05, 3.63) is 95.7 Å². The van der Waals surface area contributed by atoms with Crippen LogP contribution in [0, 0.1) is 11.3 Å². The molecule has 4 rings (SSSR count). The summed E-state index contributed by atoms with van der Waals surface area (Å²) < 4.78 is 1.77. The summed E-state index contributed by atoms with van der Waals surface area (Å²) >= 11 is 1.83. The molecule has 1 aliphatic rings. The van der Waals surface area contributed by atoms with E-state index in [4.69, 9.17) is 5.10 Å². The number of unbranched alkanes of at least 4 members (excludes halogenated alkanes) is 1. The predicted octanol–water partition coefficient (Wildman–Crippen LogP) is 6.21. The zero-order valence-electron chi connectivity index (χ0n) is 21.0. The molecule has 186 valence electrons. The van der Waals surface area contributed by atoms with Crippen molar-refractivity contribution in [2.45, 2.75) is 31.6 Å². The lowest BCUT2D eigenvalue weighted by Gasteiger charge is -2.26. The van der Waals surface area contributed by atoms with Crippen LogP contribution in [0.25, 0.3) is 23.0 Å². The average Bonchev–Trinajstić information content (AvgIpc) is 3.34. The molecule has 6 nitrogen and oxygen atoms in total. The molecule has 0 spiro atoms. The van der Waals surface area contributed by atoms with E-state index in [1.165, 1.54) is 17.4 Å². The minimum atomic E-state index is -0.599. The number of nitrogens with zero attached hydrogens (tertiary/aromatic N) is 4. The fourth-order valence-electron chi connectivity index (χ4n) is 4.05. The van der Waals surface area contributed by atoms with Gasteiger partial charge in [0.15, 0.2) is 0 Å². The average molecular weight is 509 g/mol. The molecule has 0 aliphatic carbocycles. The third-order valence-corrected chi connectivity index (χ3v) is 7.19. The van der Waals surface area contributed by atoms with Gasteiger partial charge in [0.05, 0.1) is 11.4 Å². The number of carbonyl (C=O) groups excluding carboxylic acids is 2. The Morgan fingerprint density at radius 1 is 1.08 bits per heavy atom. The Balaban J connectivity index is 1.83. The molecule has 1 aliphatic heterocycles. The lowest BCUT2D eigenvalue weighted by atomic mass is 9.93. The fourth-order valence-corrected chi connectivity index (χ4v) is 5.05. The Hall–Kier alpha value is -4.15. The third-order valence-electron chi connectivity index (χ3n) is 6.09. The second-order valence-corrected chi connectivity index (χ2v) is 9.79. The standard InChI is InChI=1S/C30H28N4O2S/c1-4-6-17-37-25-14-12-22(13-15-25)28-23(20-34(32-28)24-10-8-7-9-11-24)18-26-21(3)27(19-31)30(36)33(16-5-2)29(26)35/h5,7-15,18,20H,2,4,6,16-17H2,1,3H3/b26-18+. The van der Waals surface area contributed by atoms with Gasteiger partial charge in [0, 0.05) is 34.3 Å². The zero-order chi connectivity index (χ0) is 26.4. The number of amides is 2. The lowest BCUT2D eigenvalue weighted by Crippen LogP contribution is -2.42. The van der Waals surface area contributed by atoms with E-state index in [2.05, 4.69) is 25.6 Å².